The Kier molecular flexibility index (Phi) is 5.51. The average molecular weight is 478 g/mol. The molecule has 0 aliphatic carbocycles. The molecule has 0 unspecified atom stereocenters. The molecular formula is C26H19FN8O. The number of anilines is 3. The number of hydrogen-bond acceptors (Lipinski definition) is 8. The molecule has 36 heavy (non-hydrogen) atoms. The van der Waals surface area contributed by atoms with Gasteiger partial charge in [-0.1, -0.05) is 6.07 Å². The van der Waals surface area contributed by atoms with Crippen LogP contribution in [0.15, 0.2) is 96.4 Å². The summed E-state index contributed by atoms with van der Waals surface area (Å²) in [5.74, 6) is 1.10. The van der Waals surface area contributed by atoms with Crippen molar-refractivity contribution in [1.82, 2.24) is 29.5 Å². The molecule has 0 bridgehead atoms. The van der Waals surface area contributed by atoms with Crippen LogP contribution in [0.3, 0.4) is 0 Å². The molecule has 2 N–H and O–H groups in total. The summed E-state index contributed by atoms with van der Waals surface area (Å²) in [5.41, 5.74) is 4.39. The fourth-order valence-electron chi connectivity index (χ4n) is 3.83. The second kappa shape index (κ2) is 9.26. The number of halogens is 1. The van der Waals surface area contributed by atoms with E-state index in [4.69, 9.17) is 9.40 Å². The van der Waals surface area contributed by atoms with E-state index in [9.17, 15) is 4.39 Å². The van der Waals surface area contributed by atoms with Gasteiger partial charge in [0.25, 0.3) is 0 Å². The molecule has 0 radical (unpaired) electrons. The number of aromatic nitrogens is 6. The van der Waals surface area contributed by atoms with E-state index in [1.807, 2.05) is 54.7 Å². The Bertz CT molecular complexity index is 1620. The number of fused-ring (bicyclic) bond motifs is 1. The van der Waals surface area contributed by atoms with E-state index in [0.717, 1.165) is 28.5 Å². The molecule has 9 nitrogen and oxygen atoms in total. The Morgan fingerprint density at radius 2 is 1.86 bits per heavy atom. The summed E-state index contributed by atoms with van der Waals surface area (Å²) in [6.45, 7) is 0.498. The Morgan fingerprint density at radius 3 is 2.64 bits per heavy atom. The zero-order valence-corrected chi connectivity index (χ0v) is 18.8. The number of nitrogens with one attached hydrogen (secondary N) is 2. The van der Waals surface area contributed by atoms with Crippen molar-refractivity contribution < 1.29 is 8.81 Å². The van der Waals surface area contributed by atoms with Crippen LogP contribution in [0.25, 0.3) is 28.4 Å². The lowest BCUT2D eigenvalue weighted by Gasteiger charge is -2.12. The first-order valence-electron chi connectivity index (χ1n) is 11.1. The van der Waals surface area contributed by atoms with Crippen LogP contribution < -0.4 is 10.6 Å². The maximum Gasteiger partial charge on any atom is 0.200 e. The number of nitrogens with zero attached hydrogens (tertiary/aromatic N) is 6. The summed E-state index contributed by atoms with van der Waals surface area (Å²) in [7, 11) is 0. The first kappa shape index (κ1) is 21.4. The normalized spacial score (nSPS) is 11.0. The molecule has 1 aromatic carbocycles. The van der Waals surface area contributed by atoms with Gasteiger partial charge in [0.05, 0.1) is 18.1 Å². The number of rotatable bonds is 7. The summed E-state index contributed by atoms with van der Waals surface area (Å²) in [6, 6.07) is 16.9. The van der Waals surface area contributed by atoms with Gasteiger partial charge in [-0.15, -0.1) is 5.10 Å². The summed E-state index contributed by atoms with van der Waals surface area (Å²) < 4.78 is 21.5. The number of hydrogen-bond donors (Lipinski definition) is 2. The van der Waals surface area contributed by atoms with Crippen molar-refractivity contribution >= 4 is 22.7 Å². The van der Waals surface area contributed by atoms with Gasteiger partial charge in [-0.05, 0) is 48.5 Å². The van der Waals surface area contributed by atoms with Crippen LogP contribution in [0, 0.1) is 5.82 Å². The quantitative estimate of drug-likeness (QED) is 0.317. The standard InChI is InChI=1S/C26H19FN8O/c27-20-14-28-11-8-21(20)32-26-24-18(9-12-35(24)34-25(33-26)22-3-1-2-10-30-22)13-31-19-6-4-17(5-7-19)23-15-29-16-36-23/h1-12,14-16,31H,13H2,(H,28,32,33,34). The van der Waals surface area contributed by atoms with Crippen LogP contribution in [-0.4, -0.2) is 29.5 Å². The third-order valence-electron chi connectivity index (χ3n) is 5.60. The molecule has 176 valence electrons. The number of oxazole rings is 1. The predicted molar refractivity (Wildman–Crippen MR) is 133 cm³/mol. The zero-order chi connectivity index (χ0) is 24.3. The monoisotopic (exact) mass is 478 g/mol. The molecule has 5 heterocycles. The summed E-state index contributed by atoms with van der Waals surface area (Å²) in [4.78, 5) is 16.8. The third-order valence-corrected chi connectivity index (χ3v) is 5.60. The largest absolute Gasteiger partial charge is 0.444 e. The summed E-state index contributed by atoms with van der Waals surface area (Å²) in [5, 5.41) is 11.2. The maximum atomic E-state index is 14.4. The zero-order valence-electron chi connectivity index (χ0n) is 18.8. The Morgan fingerprint density at radius 1 is 0.944 bits per heavy atom. The highest BCUT2D eigenvalue weighted by molar-refractivity contribution is 5.78. The molecule has 6 rings (SSSR count). The molecule has 0 spiro atoms. The Labute approximate surface area is 204 Å². The van der Waals surface area contributed by atoms with E-state index in [-0.39, 0.29) is 5.69 Å². The minimum absolute atomic E-state index is 0.265. The third kappa shape index (κ3) is 4.23. The summed E-state index contributed by atoms with van der Waals surface area (Å²) >= 11 is 0. The average Bonchev–Trinajstić information content (AvgIpc) is 3.60. The van der Waals surface area contributed by atoms with E-state index < -0.39 is 5.82 Å². The van der Waals surface area contributed by atoms with Crippen LogP contribution in [0.5, 0.6) is 0 Å². The van der Waals surface area contributed by atoms with Crippen molar-refractivity contribution in [2.24, 2.45) is 0 Å². The van der Waals surface area contributed by atoms with Crippen LogP contribution in [-0.2, 0) is 6.54 Å². The minimum Gasteiger partial charge on any atom is -0.444 e. The molecule has 0 aliphatic rings. The van der Waals surface area contributed by atoms with Crippen LogP contribution in [0.4, 0.5) is 21.6 Å². The van der Waals surface area contributed by atoms with E-state index in [0.29, 0.717) is 29.6 Å². The van der Waals surface area contributed by atoms with Crippen LogP contribution in [0.1, 0.15) is 5.56 Å². The molecule has 10 heteroatoms. The van der Waals surface area contributed by atoms with Gasteiger partial charge in [-0.25, -0.2) is 18.9 Å². The van der Waals surface area contributed by atoms with Gasteiger partial charge in [0, 0.05) is 41.9 Å². The smallest absolute Gasteiger partial charge is 0.200 e. The highest BCUT2D eigenvalue weighted by Crippen LogP contribution is 2.28. The second-order valence-corrected chi connectivity index (χ2v) is 7.91. The first-order valence-corrected chi connectivity index (χ1v) is 11.1. The van der Waals surface area contributed by atoms with Gasteiger partial charge in [-0.3, -0.25) is 9.97 Å². The van der Waals surface area contributed by atoms with Crippen molar-refractivity contribution in [2.45, 2.75) is 6.54 Å². The molecule has 0 aliphatic heterocycles. The lowest BCUT2D eigenvalue weighted by molar-refractivity contribution is 0.572. The molecule has 0 atom stereocenters. The van der Waals surface area contributed by atoms with Gasteiger partial charge in [0.15, 0.2) is 23.8 Å². The van der Waals surface area contributed by atoms with Crippen LogP contribution >= 0.6 is 0 Å². The van der Waals surface area contributed by atoms with Crippen molar-refractivity contribution in [3.05, 3.63) is 103 Å². The SMILES string of the molecule is Fc1cnccc1Nc1nc(-c2ccccn2)nn2ccc(CNc3ccc(-c4cnco4)cc3)c12. The highest BCUT2D eigenvalue weighted by atomic mass is 19.1. The minimum atomic E-state index is -0.480. The molecule has 0 saturated heterocycles. The van der Waals surface area contributed by atoms with E-state index >= 15 is 0 Å². The van der Waals surface area contributed by atoms with E-state index in [1.54, 1.807) is 23.0 Å². The Balaban J connectivity index is 1.34. The fourth-order valence-corrected chi connectivity index (χ4v) is 3.83. The van der Waals surface area contributed by atoms with Gasteiger partial charge < -0.3 is 15.1 Å². The molecular weight excluding hydrogens is 459 g/mol. The lowest BCUT2D eigenvalue weighted by Crippen LogP contribution is -2.07. The molecule has 0 fully saturated rings. The van der Waals surface area contributed by atoms with Gasteiger partial charge in [0.2, 0.25) is 5.82 Å². The highest BCUT2D eigenvalue weighted by Gasteiger charge is 2.16. The van der Waals surface area contributed by atoms with Crippen LogP contribution in [0.2, 0.25) is 0 Å². The first-order chi connectivity index (χ1) is 17.7. The molecule has 0 saturated carbocycles. The second-order valence-electron chi connectivity index (χ2n) is 7.91. The van der Waals surface area contributed by atoms with Crippen molar-refractivity contribution in [1.29, 1.82) is 0 Å². The molecule has 6 aromatic rings. The lowest BCUT2D eigenvalue weighted by atomic mass is 10.1. The molecule has 0 amide bonds. The summed E-state index contributed by atoms with van der Waals surface area (Å²) in [6.07, 6.45) is 9.29. The van der Waals surface area contributed by atoms with Crippen molar-refractivity contribution in [3.63, 3.8) is 0 Å². The number of pyridine rings is 2. The van der Waals surface area contributed by atoms with Gasteiger partial charge >= 0.3 is 0 Å². The Hall–Kier alpha value is -5.12. The van der Waals surface area contributed by atoms with Crippen molar-refractivity contribution in [3.8, 4) is 22.8 Å². The van der Waals surface area contributed by atoms with E-state index in [1.165, 1.54) is 12.6 Å². The van der Waals surface area contributed by atoms with Crippen molar-refractivity contribution in [2.75, 3.05) is 10.6 Å². The van der Waals surface area contributed by atoms with Gasteiger partial charge in [-0.2, -0.15) is 0 Å². The maximum absolute atomic E-state index is 14.4. The predicted octanol–water partition coefficient (Wildman–Crippen LogP) is 5.34. The fraction of sp³-hybridized carbons (Fsp3) is 0.0385. The topological polar surface area (TPSA) is 106 Å². The van der Waals surface area contributed by atoms with E-state index in [2.05, 4.69) is 30.7 Å². The number of benzene rings is 1. The molecule has 5 aromatic heterocycles. The van der Waals surface area contributed by atoms with Gasteiger partial charge in [0.1, 0.15) is 11.2 Å².